The predicted molar refractivity (Wildman–Crippen MR) is 69.0 cm³/mol. The Hall–Kier alpha value is -2.97. The first kappa shape index (κ1) is 13.0. The van der Waals surface area contributed by atoms with Crippen LogP contribution in [0.3, 0.4) is 0 Å². The molecule has 0 saturated carbocycles. The molecule has 3 heterocycles. The van der Waals surface area contributed by atoms with Gasteiger partial charge >= 0.3 is 5.97 Å². The minimum Gasteiger partial charge on any atom is -0.476 e. The van der Waals surface area contributed by atoms with Crippen LogP contribution in [0.4, 0.5) is 0 Å². The van der Waals surface area contributed by atoms with E-state index >= 15 is 0 Å². The zero-order valence-electron chi connectivity index (χ0n) is 10.8. The van der Waals surface area contributed by atoms with Crippen LogP contribution in [0.15, 0.2) is 29.3 Å². The highest BCUT2D eigenvalue weighted by Crippen LogP contribution is 2.22. The largest absolute Gasteiger partial charge is 0.476 e. The number of nitrogens with one attached hydrogen (secondary N) is 1. The molecule has 0 bridgehead atoms. The number of hydrogen-bond donors (Lipinski definition) is 2. The molecule has 3 rings (SSSR count). The monoisotopic (exact) mass is 289 g/mol. The van der Waals surface area contributed by atoms with E-state index in [2.05, 4.69) is 15.3 Å². The first-order chi connectivity index (χ1) is 10.0. The molecule has 0 unspecified atom stereocenters. The second-order valence-electron chi connectivity index (χ2n) is 4.69. The number of aromatic amines is 1. The van der Waals surface area contributed by atoms with Gasteiger partial charge in [-0.15, -0.1) is 5.10 Å². The van der Waals surface area contributed by atoms with Gasteiger partial charge in [0, 0.05) is 30.9 Å². The summed E-state index contributed by atoms with van der Waals surface area (Å²) < 4.78 is 1.44. The van der Waals surface area contributed by atoms with Gasteiger partial charge in [0.05, 0.1) is 12.2 Å². The molecular weight excluding hydrogens is 278 g/mol. The number of rotatable bonds is 3. The van der Waals surface area contributed by atoms with Gasteiger partial charge in [-0.1, -0.05) is 5.21 Å². The van der Waals surface area contributed by atoms with Crippen molar-refractivity contribution in [2.75, 3.05) is 13.1 Å². The maximum absolute atomic E-state index is 12.1. The number of H-pyrrole nitrogens is 1. The fraction of sp³-hybridized carbons (Fsp3) is 0.250. The SMILES string of the molecule is O=C(O)c1cn(C2CN(C(=O)c3cc[nH]c(=O)c3)C2)nn1. The Morgan fingerprint density at radius 3 is 2.76 bits per heavy atom. The third-order valence-electron chi connectivity index (χ3n) is 3.28. The first-order valence-corrected chi connectivity index (χ1v) is 6.18. The van der Waals surface area contributed by atoms with Crippen molar-refractivity contribution in [1.29, 1.82) is 0 Å². The lowest BCUT2D eigenvalue weighted by atomic mass is 10.1. The van der Waals surface area contributed by atoms with Gasteiger partial charge in [-0.3, -0.25) is 9.59 Å². The van der Waals surface area contributed by atoms with Crippen LogP contribution < -0.4 is 5.56 Å². The number of nitrogens with zero attached hydrogens (tertiary/aromatic N) is 4. The van der Waals surface area contributed by atoms with E-state index in [4.69, 9.17) is 5.11 Å². The van der Waals surface area contributed by atoms with E-state index in [1.807, 2.05) is 0 Å². The molecule has 1 saturated heterocycles. The number of aromatic nitrogens is 4. The highest BCUT2D eigenvalue weighted by Gasteiger charge is 2.33. The van der Waals surface area contributed by atoms with Crippen LogP contribution in [0.25, 0.3) is 0 Å². The molecule has 1 aliphatic heterocycles. The lowest BCUT2D eigenvalue weighted by Crippen LogP contribution is -2.51. The van der Waals surface area contributed by atoms with Gasteiger partial charge in [-0.25, -0.2) is 9.48 Å². The normalized spacial score (nSPS) is 14.8. The van der Waals surface area contributed by atoms with Gasteiger partial charge in [0.25, 0.3) is 5.91 Å². The summed E-state index contributed by atoms with van der Waals surface area (Å²) in [7, 11) is 0. The van der Waals surface area contributed by atoms with Crippen molar-refractivity contribution >= 4 is 11.9 Å². The Bertz CT molecular complexity index is 759. The molecule has 1 amide bonds. The maximum Gasteiger partial charge on any atom is 0.358 e. The van der Waals surface area contributed by atoms with Crippen molar-refractivity contribution in [3.8, 4) is 0 Å². The molecule has 21 heavy (non-hydrogen) atoms. The molecule has 0 aromatic carbocycles. The molecule has 0 aliphatic carbocycles. The molecule has 2 aromatic heterocycles. The number of carbonyl (C=O) groups excluding carboxylic acids is 1. The van der Waals surface area contributed by atoms with Crippen LogP contribution in [0.1, 0.15) is 26.9 Å². The lowest BCUT2D eigenvalue weighted by Gasteiger charge is -2.38. The molecule has 1 fully saturated rings. The molecule has 9 heteroatoms. The van der Waals surface area contributed by atoms with E-state index in [1.54, 1.807) is 4.90 Å². The average Bonchev–Trinajstić information content (AvgIpc) is 2.86. The molecule has 0 spiro atoms. The fourth-order valence-electron chi connectivity index (χ4n) is 2.10. The molecule has 2 N–H and O–H groups in total. The third kappa shape index (κ3) is 2.40. The maximum atomic E-state index is 12.1. The number of likely N-dealkylation sites (tertiary alicyclic amines) is 1. The number of amides is 1. The summed E-state index contributed by atoms with van der Waals surface area (Å²) in [5.74, 6) is -1.38. The van der Waals surface area contributed by atoms with Crippen LogP contribution in [0.2, 0.25) is 0 Å². The van der Waals surface area contributed by atoms with Crippen molar-refractivity contribution in [3.63, 3.8) is 0 Å². The highest BCUT2D eigenvalue weighted by atomic mass is 16.4. The summed E-state index contributed by atoms with van der Waals surface area (Å²) in [5, 5.41) is 16.0. The van der Waals surface area contributed by atoms with Crippen LogP contribution >= 0.6 is 0 Å². The summed E-state index contributed by atoms with van der Waals surface area (Å²) in [4.78, 5) is 38.0. The summed E-state index contributed by atoms with van der Waals surface area (Å²) in [6, 6.07) is 2.68. The molecular formula is C12H11N5O4. The van der Waals surface area contributed by atoms with Crippen LogP contribution in [0, 0.1) is 0 Å². The van der Waals surface area contributed by atoms with Gasteiger partial charge in [-0.05, 0) is 6.07 Å². The number of carboxylic acids is 1. The van der Waals surface area contributed by atoms with E-state index in [-0.39, 0.29) is 23.2 Å². The second-order valence-corrected chi connectivity index (χ2v) is 4.69. The van der Waals surface area contributed by atoms with Crippen LogP contribution in [0.5, 0.6) is 0 Å². The Kier molecular flexibility index (Phi) is 3.01. The zero-order chi connectivity index (χ0) is 15.0. The van der Waals surface area contributed by atoms with Gasteiger partial charge < -0.3 is 15.0 Å². The minimum atomic E-state index is -1.14. The van der Waals surface area contributed by atoms with Gasteiger partial charge in [0.15, 0.2) is 5.69 Å². The minimum absolute atomic E-state index is 0.100. The Balaban J connectivity index is 1.66. The number of carbonyl (C=O) groups is 2. The topological polar surface area (TPSA) is 121 Å². The molecule has 0 radical (unpaired) electrons. The first-order valence-electron chi connectivity index (χ1n) is 6.18. The van der Waals surface area contributed by atoms with Crippen molar-refractivity contribution in [2.24, 2.45) is 0 Å². The smallest absolute Gasteiger partial charge is 0.358 e. The van der Waals surface area contributed by atoms with E-state index in [0.29, 0.717) is 18.7 Å². The van der Waals surface area contributed by atoms with Gasteiger partial charge in [0.1, 0.15) is 0 Å². The van der Waals surface area contributed by atoms with Crippen molar-refractivity contribution < 1.29 is 14.7 Å². The predicted octanol–water partition coefficient (Wildman–Crippen LogP) is -0.638. The van der Waals surface area contributed by atoms with E-state index in [1.165, 1.54) is 29.2 Å². The standard InChI is InChI=1S/C12H11N5O4/c18-10-3-7(1-2-13-10)11(19)16-4-8(5-16)17-6-9(12(20)21)14-15-17/h1-3,6,8H,4-5H2,(H,13,18)(H,20,21). The number of carboxylic acid groups (broad SMARTS) is 1. The Labute approximate surface area is 117 Å². The van der Waals surface area contributed by atoms with Crippen LogP contribution in [-0.4, -0.2) is 55.0 Å². The third-order valence-corrected chi connectivity index (χ3v) is 3.28. The fourth-order valence-corrected chi connectivity index (χ4v) is 2.10. The summed E-state index contributed by atoms with van der Waals surface area (Å²) in [6.45, 7) is 0.794. The molecule has 1 aliphatic rings. The number of hydrogen-bond acceptors (Lipinski definition) is 5. The van der Waals surface area contributed by atoms with E-state index in [0.717, 1.165) is 0 Å². The Morgan fingerprint density at radius 1 is 1.38 bits per heavy atom. The molecule has 108 valence electrons. The van der Waals surface area contributed by atoms with Gasteiger partial charge in [-0.2, -0.15) is 0 Å². The molecule has 9 nitrogen and oxygen atoms in total. The van der Waals surface area contributed by atoms with E-state index < -0.39 is 5.97 Å². The quantitative estimate of drug-likeness (QED) is 0.775. The molecule has 2 aromatic rings. The highest BCUT2D eigenvalue weighted by molar-refractivity contribution is 5.94. The summed E-state index contributed by atoms with van der Waals surface area (Å²) in [6.07, 6.45) is 2.76. The van der Waals surface area contributed by atoms with Crippen LogP contribution in [-0.2, 0) is 0 Å². The number of pyridine rings is 1. The summed E-state index contributed by atoms with van der Waals surface area (Å²) >= 11 is 0. The van der Waals surface area contributed by atoms with Crippen molar-refractivity contribution in [3.05, 3.63) is 46.1 Å². The van der Waals surface area contributed by atoms with Crippen molar-refractivity contribution in [2.45, 2.75) is 6.04 Å². The summed E-state index contributed by atoms with van der Waals surface area (Å²) in [5.41, 5.74) is -0.142. The lowest BCUT2D eigenvalue weighted by molar-refractivity contribution is 0.0497. The average molecular weight is 289 g/mol. The van der Waals surface area contributed by atoms with Gasteiger partial charge in [0.2, 0.25) is 5.56 Å². The zero-order valence-corrected chi connectivity index (χ0v) is 10.8. The molecule has 0 atom stereocenters. The second kappa shape index (κ2) is 4.85. The van der Waals surface area contributed by atoms with Crippen molar-refractivity contribution in [1.82, 2.24) is 24.9 Å². The number of aromatic carboxylic acids is 1. The van der Waals surface area contributed by atoms with E-state index in [9.17, 15) is 14.4 Å². The Morgan fingerprint density at radius 2 is 2.14 bits per heavy atom.